The number of rotatable bonds is 1. The summed E-state index contributed by atoms with van der Waals surface area (Å²) in [7, 11) is 1.42. The van der Waals surface area contributed by atoms with Gasteiger partial charge in [0.25, 0.3) is 0 Å². The Morgan fingerprint density at radius 1 is 1.62 bits per heavy atom. The Balaban J connectivity index is 2.84. The van der Waals surface area contributed by atoms with E-state index in [1.165, 1.54) is 7.11 Å². The lowest BCUT2D eigenvalue weighted by molar-refractivity contribution is 0.290. The van der Waals surface area contributed by atoms with Gasteiger partial charge in [0.2, 0.25) is 0 Å². The molecule has 0 spiro atoms. The molecule has 0 amide bonds. The van der Waals surface area contributed by atoms with Crippen molar-refractivity contribution in [1.29, 1.82) is 0 Å². The number of hydrogen-bond acceptors (Lipinski definition) is 4. The summed E-state index contributed by atoms with van der Waals surface area (Å²) in [4.78, 5) is 0. The number of ether oxygens (including phenoxy) is 1. The van der Waals surface area contributed by atoms with E-state index in [4.69, 9.17) is 11.6 Å². The fraction of sp³-hybridized carbons (Fsp3) is 0.333. The van der Waals surface area contributed by atoms with Crippen LogP contribution in [0.1, 0.15) is 0 Å². The maximum Gasteiger partial charge on any atom is 0.415 e. The zero-order valence-electron chi connectivity index (χ0n) is 4.09. The second-order valence-electron chi connectivity index (χ2n) is 1.03. The van der Waals surface area contributed by atoms with Crippen LogP contribution in [0.5, 0.6) is 6.08 Å². The highest BCUT2D eigenvalue weighted by atomic mass is 35.5. The topological polar surface area (TPSA) is 48.2 Å². The molecule has 0 radical (unpaired) electrons. The smallest absolute Gasteiger partial charge is 0.415 e. The van der Waals surface area contributed by atoms with Crippen molar-refractivity contribution in [2.24, 2.45) is 0 Å². The lowest BCUT2D eigenvalue weighted by Crippen LogP contribution is -1.79. The van der Waals surface area contributed by atoms with Gasteiger partial charge in [0.05, 0.1) is 7.11 Å². The summed E-state index contributed by atoms with van der Waals surface area (Å²) in [6.07, 6.45) is 0.0787. The quantitative estimate of drug-likeness (QED) is 0.568. The largest absolute Gasteiger partial charge is 0.452 e. The first-order valence-corrected chi connectivity index (χ1v) is 2.23. The Bertz CT molecular complexity index is 176. The van der Waals surface area contributed by atoms with Gasteiger partial charge in [0.1, 0.15) is 0 Å². The molecule has 0 bridgehead atoms. The minimum absolute atomic E-state index is 0.0122. The summed E-state index contributed by atoms with van der Waals surface area (Å²) in [6, 6.07) is 0. The Morgan fingerprint density at radius 3 is 2.62 bits per heavy atom. The van der Waals surface area contributed by atoms with Crippen molar-refractivity contribution in [3.63, 3.8) is 0 Å². The zero-order valence-corrected chi connectivity index (χ0v) is 4.84. The van der Waals surface area contributed by atoms with E-state index in [1.54, 1.807) is 0 Å². The first-order chi connectivity index (χ1) is 3.83. The van der Waals surface area contributed by atoms with Crippen molar-refractivity contribution in [3.8, 4) is 6.08 Å². The molecule has 0 aliphatic carbocycles. The predicted octanol–water partition coefficient (Wildman–Crippen LogP) is 0.732. The molecule has 4 nitrogen and oxygen atoms in total. The van der Waals surface area contributed by atoms with Crippen molar-refractivity contribution in [1.82, 2.24) is 10.2 Å². The molecule has 0 unspecified atom stereocenters. The summed E-state index contributed by atoms with van der Waals surface area (Å²) in [5, 5.41) is 6.66. The number of methoxy groups -OCH3 is 1. The van der Waals surface area contributed by atoms with Crippen LogP contribution in [0.15, 0.2) is 4.42 Å². The first-order valence-electron chi connectivity index (χ1n) is 1.86. The summed E-state index contributed by atoms with van der Waals surface area (Å²) in [5.41, 5.74) is 0. The molecule has 0 atom stereocenters. The zero-order chi connectivity index (χ0) is 5.98. The van der Waals surface area contributed by atoms with Crippen LogP contribution < -0.4 is 4.74 Å². The molecule has 0 fully saturated rings. The Labute approximate surface area is 50.4 Å². The Kier molecular flexibility index (Phi) is 1.34. The van der Waals surface area contributed by atoms with Gasteiger partial charge in [-0.1, -0.05) is 10.2 Å². The highest BCUT2D eigenvalue weighted by Gasteiger charge is 1.99. The number of halogens is 1. The summed E-state index contributed by atoms with van der Waals surface area (Å²) in [6.45, 7) is 0. The highest BCUT2D eigenvalue weighted by molar-refractivity contribution is 6.27. The van der Waals surface area contributed by atoms with Gasteiger partial charge in [0, 0.05) is 0 Å². The Hall–Kier alpha value is -0.770. The van der Waals surface area contributed by atoms with E-state index in [2.05, 4.69) is 19.4 Å². The standard InChI is InChI=1S/C3H3ClN2O2/c1-7-3-6-5-2(4)8-3/h1H3. The highest BCUT2D eigenvalue weighted by Crippen LogP contribution is 2.10. The molecule has 1 heterocycles. The number of hydrogen-bond donors (Lipinski definition) is 0. The predicted molar refractivity (Wildman–Crippen MR) is 25.9 cm³/mol. The van der Waals surface area contributed by atoms with Gasteiger partial charge in [-0.15, -0.1) is 0 Å². The Morgan fingerprint density at radius 2 is 2.38 bits per heavy atom. The fourth-order valence-corrected chi connectivity index (χ4v) is 0.379. The van der Waals surface area contributed by atoms with E-state index in [-0.39, 0.29) is 11.4 Å². The van der Waals surface area contributed by atoms with Crippen LogP contribution in [-0.2, 0) is 0 Å². The van der Waals surface area contributed by atoms with Crippen LogP contribution in [0.3, 0.4) is 0 Å². The molecule has 8 heavy (non-hydrogen) atoms. The van der Waals surface area contributed by atoms with Crippen LogP contribution in [-0.4, -0.2) is 17.3 Å². The summed E-state index contributed by atoms with van der Waals surface area (Å²) < 4.78 is 9.06. The van der Waals surface area contributed by atoms with Crippen LogP contribution in [0.4, 0.5) is 0 Å². The maximum atomic E-state index is 5.22. The average Bonchev–Trinajstić information content (AvgIpc) is 2.14. The van der Waals surface area contributed by atoms with E-state index in [0.717, 1.165) is 0 Å². The third-order valence-electron chi connectivity index (χ3n) is 0.556. The SMILES string of the molecule is COc1nnc(Cl)o1. The van der Waals surface area contributed by atoms with Crippen molar-refractivity contribution in [3.05, 3.63) is 5.35 Å². The summed E-state index contributed by atoms with van der Waals surface area (Å²) in [5.74, 6) is 0. The van der Waals surface area contributed by atoms with E-state index in [0.29, 0.717) is 0 Å². The van der Waals surface area contributed by atoms with Gasteiger partial charge in [-0.3, -0.25) is 0 Å². The molecule has 0 saturated carbocycles. The van der Waals surface area contributed by atoms with Gasteiger partial charge in [0.15, 0.2) is 0 Å². The molecule has 0 N–H and O–H groups in total. The summed E-state index contributed by atoms with van der Waals surface area (Å²) >= 11 is 5.22. The second kappa shape index (κ2) is 2.00. The van der Waals surface area contributed by atoms with Gasteiger partial charge < -0.3 is 9.15 Å². The van der Waals surface area contributed by atoms with Gasteiger partial charge in [-0.25, -0.2) is 0 Å². The maximum absolute atomic E-state index is 5.22. The molecule has 1 aromatic heterocycles. The van der Waals surface area contributed by atoms with Crippen molar-refractivity contribution >= 4 is 11.6 Å². The third-order valence-corrected chi connectivity index (χ3v) is 0.709. The van der Waals surface area contributed by atoms with Gasteiger partial charge in [-0.05, 0) is 11.6 Å². The minimum Gasteiger partial charge on any atom is -0.452 e. The molecular weight excluding hydrogens is 131 g/mol. The van der Waals surface area contributed by atoms with Crippen molar-refractivity contribution < 1.29 is 9.15 Å². The van der Waals surface area contributed by atoms with Gasteiger partial charge in [-0.2, -0.15) is 0 Å². The molecule has 0 saturated heterocycles. The first kappa shape index (κ1) is 5.37. The van der Waals surface area contributed by atoms with Gasteiger partial charge >= 0.3 is 11.4 Å². The van der Waals surface area contributed by atoms with Crippen LogP contribution >= 0.6 is 11.6 Å². The molecule has 0 aliphatic heterocycles. The van der Waals surface area contributed by atoms with Crippen LogP contribution in [0, 0.1) is 0 Å². The van der Waals surface area contributed by atoms with E-state index < -0.39 is 0 Å². The molecule has 0 aliphatic rings. The fourth-order valence-electron chi connectivity index (χ4n) is 0.275. The normalized spacial score (nSPS) is 9.25. The van der Waals surface area contributed by atoms with Crippen LogP contribution in [0.25, 0.3) is 0 Å². The number of nitrogens with zero attached hydrogens (tertiary/aromatic N) is 2. The molecular formula is C3H3ClN2O2. The van der Waals surface area contributed by atoms with Crippen molar-refractivity contribution in [2.45, 2.75) is 0 Å². The number of aromatic nitrogens is 2. The second-order valence-corrected chi connectivity index (χ2v) is 1.35. The molecule has 0 aromatic carbocycles. The van der Waals surface area contributed by atoms with Crippen LogP contribution in [0.2, 0.25) is 5.35 Å². The lowest BCUT2D eigenvalue weighted by atomic mass is 11.3. The van der Waals surface area contributed by atoms with E-state index >= 15 is 0 Å². The van der Waals surface area contributed by atoms with Crippen molar-refractivity contribution in [2.75, 3.05) is 7.11 Å². The minimum atomic E-state index is -0.0122. The molecule has 44 valence electrons. The van der Waals surface area contributed by atoms with E-state index in [9.17, 15) is 0 Å². The lowest BCUT2D eigenvalue weighted by Gasteiger charge is -1.82. The third kappa shape index (κ3) is 0.894. The average molecular weight is 135 g/mol. The molecule has 1 rings (SSSR count). The molecule has 5 heteroatoms. The molecule has 1 aromatic rings. The monoisotopic (exact) mass is 134 g/mol. The van der Waals surface area contributed by atoms with E-state index in [1.807, 2.05) is 0 Å².